The van der Waals surface area contributed by atoms with E-state index >= 15 is 0 Å². The molecule has 0 bridgehead atoms. The Hall–Kier alpha value is 1.75. The van der Waals surface area contributed by atoms with Gasteiger partial charge in [-0.2, -0.15) is 0 Å². The first kappa shape index (κ1) is 9.89. The smallest absolute Gasteiger partial charge is 0.806 e. The summed E-state index contributed by atoms with van der Waals surface area (Å²) < 4.78 is 17.6. The van der Waals surface area contributed by atoms with Gasteiger partial charge in [0.2, 0.25) is 0 Å². The van der Waals surface area contributed by atoms with Gasteiger partial charge in [-0.25, -0.2) is 0 Å². The van der Waals surface area contributed by atoms with E-state index in [0.29, 0.717) is 0 Å². The van der Waals surface area contributed by atoms with E-state index in [1.165, 1.54) is 0 Å². The number of hydrogen-bond acceptors (Lipinski definition) is 3. The van der Waals surface area contributed by atoms with Gasteiger partial charge in [-0.1, -0.05) is 11.2 Å². The molecule has 0 rings (SSSR count). The van der Waals surface area contributed by atoms with E-state index < -0.39 is 10.0 Å². The molecular weight excluding hydrogens is 136 g/mol. The largest absolute Gasteiger partial charge is 2.00 e. The first-order valence-corrected chi connectivity index (χ1v) is 2.50. The molecule has 0 spiro atoms. The average Bonchev–Trinajstić information content (AvgIpc) is 0.811. The molecule has 0 aliphatic carbocycles. The van der Waals surface area contributed by atoms with Crippen molar-refractivity contribution >= 4 is 58.9 Å². The number of hydrogen-bond donors (Lipinski definition) is 0. The molecule has 0 aliphatic heterocycles. The first-order valence-electron chi connectivity index (χ1n) is 0.500. The predicted octanol–water partition coefficient (Wildman–Crippen LogP) is -1.05. The van der Waals surface area contributed by atoms with Crippen LogP contribution < -0.4 is 0 Å². The number of rotatable bonds is 0. The molecule has 0 saturated carbocycles. The maximum atomic E-state index is 8.81. The Kier molecular flexibility index (Phi) is 11.4. The van der Waals surface area contributed by atoms with Crippen molar-refractivity contribution in [3.05, 3.63) is 0 Å². The van der Waals surface area contributed by atoms with Crippen LogP contribution in [0.2, 0.25) is 0 Å². The van der Waals surface area contributed by atoms with Gasteiger partial charge in [0.15, 0.2) is 0 Å². The minimum absolute atomic E-state index is 0. The second kappa shape index (κ2) is 5.75. The topological polar surface area (TPSA) is 46.1 Å². The first-order chi connectivity index (χ1) is 1.73. The molecule has 0 aromatic carbocycles. The van der Waals surface area contributed by atoms with Crippen molar-refractivity contribution in [2.24, 2.45) is 0 Å². The maximum Gasteiger partial charge on any atom is 2.00 e. The standard InChI is InChI=1S/Ca.H2O2S2/c;1-4(2)3/h;(H2,1,2,3)/q+2;/p-2. The van der Waals surface area contributed by atoms with Crippen molar-refractivity contribution in [3.63, 3.8) is 0 Å². The Labute approximate surface area is 67.2 Å². The summed E-state index contributed by atoms with van der Waals surface area (Å²) >= 11 is 3.54. The molecule has 0 saturated heterocycles. The van der Waals surface area contributed by atoms with Crippen LogP contribution in [0, 0.1) is 0 Å². The fraction of sp³-hybridized carbons (Fsp3) is 0. The maximum absolute atomic E-state index is 8.81. The molecule has 0 amide bonds. The summed E-state index contributed by atoms with van der Waals surface area (Å²) in [6, 6.07) is 0. The summed E-state index contributed by atoms with van der Waals surface area (Å²) in [4.78, 5) is 0. The Morgan fingerprint density at radius 3 is 1.40 bits per heavy atom. The molecule has 2 nitrogen and oxygen atoms in total. The Morgan fingerprint density at radius 1 is 1.40 bits per heavy atom. The van der Waals surface area contributed by atoms with Gasteiger partial charge >= 0.3 is 37.7 Å². The molecule has 0 aliphatic rings. The monoisotopic (exact) mass is 136 g/mol. The second-order valence-electron chi connectivity index (χ2n) is 0.204. The van der Waals surface area contributed by atoms with Crippen molar-refractivity contribution in [3.8, 4) is 0 Å². The van der Waals surface area contributed by atoms with Crippen molar-refractivity contribution in [2.75, 3.05) is 0 Å². The van der Waals surface area contributed by atoms with Crippen molar-refractivity contribution in [2.45, 2.75) is 0 Å². The zero-order chi connectivity index (χ0) is 3.58. The van der Waals surface area contributed by atoms with Gasteiger partial charge in [-0.3, -0.25) is 0 Å². The van der Waals surface area contributed by atoms with Crippen LogP contribution in [0.25, 0.3) is 0 Å². The van der Waals surface area contributed by atoms with E-state index in [-0.39, 0.29) is 37.7 Å². The zero-order valence-corrected chi connectivity index (χ0v) is 6.18. The third kappa shape index (κ3) is 26.4. The fourth-order valence-corrected chi connectivity index (χ4v) is 0. The van der Waals surface area contributed by atoms with Gasteiger partial charge < -0.3 is 19.1 Å². The predicted molar refractivity (Wildman–Crippen MR) is 22.0 cm³/mol. The van der Waals surface area contributed by atoms with E-state index in [4.69, 9.17) is 9.11 Å². The van der Waals surface area contributed by atoms with Gasteiger partial charge in [0.25, 0.3) is 0 Å². The van der Waals surface area contributed by atoms with Crippen LogP contribution in [0.15, 0.2) is 0 Å². The van der Waals surface area contributed by atoms with Crippen LogP contribution in [0.4, 0.5) is 0 Å². The fourth-order valence-electron chi connectivity index (χ4n) is 0. The van der Waals surface area contributed by atoms with Crippen molar-refractivity contribution in [1.29, 1.82) is 0 Å². The molecule has 0 atom stereocenters. The Balaban J connectivity index is 0. The normalized spacial score (nSPS) is 7.00. The third-order valence-corrected chi connectivity index (χ3v) is 0. The van der Waals surface area contributed by atoms with Gasteiger partial charge in [0.1, 0.15) is 0 Å². The molecule has 0 radical (unpaired) electrons. The van der Waals surface area contributed by atoms with Gasteiger partial charge in [-0.05, 0) is 0 Å². The molecule has 0 aromatic rings. The average molecular weight is 136 g/mol. The molecule has 26 valence electrons. The van der Waals surface area contributed by atoms with Gasteiger partial charge in [0.05, 0.1) is 0 Å². The summed E-state index contributed by atoms with van der Waals surface area (Å²) in [5.74, 6) is 0. The summed E-state index contributed by atoms with van der Waals surface area (Å²) in [5.41, 5.74) is 0. The van der Waals surface area contributed by atoms with Gasteiger partial charge in [0, 0.05) is 0 Å². The van der Waals surface area contributed by atoms with Crippen LogP contribution in [-0.2, 0) is 21.2 Å². The summed E-state index contributed by atoms with van der Waals surface area (Å²) in [6.45, 7) is 0. The van der Waals surface area contributed by atoms with E-state index in [1.807, 2.05) is 0 Å². The molecular formula is CaO2S2. The summed E-state index contributed by atoms with van der Waals surface area (Å²) in [6.07, 6.45) is 0. The third-order valence-electron chi connectivity index (χ3n) is 0. The van der Waals surface area contributed by atoms with Crippen LogP contribution >= 0.6 is 0 Å². The minimum atomic E-state index is -2.28. The minimum Gasteiger partial charge on any atom is -0.806 e. The van der Waals surface area contributed by atoms with Gasteiger partial charge in [-0.15, -0.1) is 0 Å². The molecule has 0 N–H and O–H groups in total. The van der Waals surface area contributed by atoms with Crippen LogP contribution in [-0.4, -0.2) is 46.8 Å². The SMILES string of the molecule is [Ca+2].[O-]S([O-])=S. The molecule has 0 aromatic heterocycles. The molecule has 0 heterocycles. The van der Waals surface area contributed by atoms with Crippen LogP contribution in [0.1, 0.15) is 0 Å². The van der Waals surface area contributed by atoms with E-state index in [0.717, 1.165) is 0 Å². The van der Waals surface area contributed by atoms with E-state index in [1.54, 1.807) is 0 Å². The van der Waals surface area contributed by atoms with E-state index in [2.05, 4.69) is 11.2 Å². The van der Waals surface area contributed by atoms with Crippen LogP contribution in [0.5, 0.6) is 0 Å². The molecule has 5 heteroatoms. The Morgan fingerprint density at radius 2 is 1.40 bits per heavy atom. The molecule has 0 fully saturated rings. The quantitative estimate of drug-likeness (QED) is 0.399. The van der Waals surface area contributed by atoms with E-state index in [9.17, 15) is 0 Å². The zero-order valence-electron chi connectivity index (χ0n) is 2.34. The summed E-state index contributed by atoms with van der Waals surface area (Å²) in [7, 11) is -2.28. The molecule has 5 heavy (non-hydrogen) atoms. The second-order valence-corrected chi connectivity index (χ2v) is 1.43. The van der Waals surface area contributed by atoms with Crippen molar-refractivity contribution < 1.29 is 9.11 Å². The van der Waals surface area contributed by atoms with Crippen molar-refractivity contribution in [1.82, 2.24) is 0 Å². The Bertz CT molecular complexity index is 30.6. The summed E-state index contributed by atoms with van der Waals surface area (Å²) in [5, 5.41) is 0. The molecule has 0 unspecified atom stereocenters. The van der Waals surface area contributed by atoms with Crippen LogP contribution in [0.3, 0.4) is 0 Å².